The van der Waals surface area contributed by atoms with Crippen molar-refractivity contribution in [2.24, 2.45) is 0 Å². The van der Waals surface area contributed by atoms with Gasteiger partial charge in [-0.2, -0.15) is 0 Å². The van der Waals surface area contributed by atoms with Gasteiger partial charge < -0.3 is 14.8 Å². The molecule has 1 N–H and O–H groups in total. The second-order valence-electron chi connectivity index (χ2n) is 3.47. The van der Waals surface area contributed by atoms with Gasteiger partial charge in [-0.1, -0.05) is 0 Å². The lowest BCUT2D eigenvalue weighted by Crippen LogP contribution is -2.33. The minimum Gasteiger partial charge on any atom is -0.349 e. The average Bonchev–Trinajstić information content (AvgIpc) is 2.56. The first-order valence-corrected chi connectivity index (χ1v) is 4.50. The number of carbonyl (C=O) groups is 1. The van der Waals surface area contributed by atoms with Gasteiger partial charge in [0.2, 0.25) is 5.91 Å². The minimum atomic E-state index is -0.689. The highest BCUT2D eigenvalue weighted by Gasteiger charge is 2.35. The number of carbonyl (C=O) groups excluding carboxylic acids is 1. The number of amides is 1. The summed E-state index contributed by atoms with van der Waals surface area (Å²) in [4.78, 5) is 11.1. The summed E-state index contributed by atoms with van der Waals surface area (Å²) in [5, 5.41) is 2.78. The number of methoxy groups -OCH3 is 2. The molecule has 0 aromatic heterocycles. The van der Waals surface area contributed by atoms with Gasteiger partial charge in [0.05, 0.1) is 6.42 Å². The van der Waals surface area contributed by atoms with Crippen LogP contribution >= 0.6 is 0 Å². The van der Waals surface area contributed by atoms with Crippen LogP contribution < -0.4 is 5.32 Å². The normalized spacial score (nSPS) is 23.7. The molecule has 1 aliphatic carbocycles. The largest absolute Gasteiger partial charge is 0.349 e. The van der Waals surface area contributed by atoms with E-state index in [0.29, 0.717) is 12.8 Å². The van der Waals surface area contributed by atoms with E-state index in [0.717, 1.165) is 11.3 Å². The summed E-state index contributed by atoms with van der Waals surface area (Å²) >= 11 is 0. The Morgan fingerprint density at radius 3 is 2.79 bits per heavy atom. The molecule has 0 bridgehead atoms. The van der Waals surface area contributed by atoms with E-state index in [9.17, 15) is 4.79 Å². The van der Waals surface area contributed by atoms with Crippen molar-refractivity contribution in [3.8, 4) is 0 Å². The van der Waals surface area contributed by atoms with E-state index in [1.807, 2.05) is 12.2 Å². The third kappa shape index (κ3) is 1.36. The van der Waals surface area contributed by atoms with Crippen LogP contribution in [0.15, 0.2) is 23.4 Å². The van der Waals surface area contributed by atoms with Crippen LogP contribution in [-0.4, -0.2) is 25.9 Å². The Labute approximate surface area is 82.6 Å². The molecule has 0 radical (unpaired) electrons. The molecule has 14 heavy (non-hydrogen) atoms. The van der Waals surface area contributed by atoms with Gasteiger partial charge in [0.15, 0.2) is 5.79 Å². The van der Waals surface area contributed by atoms with E-state index in [2.05, 4.69) is 5.32 Å². The van der Waals surface area contributed by atoms with Crippen LogP contribution in [0.4, 0.5) is 0 Å². The van der Waals surface area contributed by atoms with E-state index in [-0.39, 0.29) is 5.91 Å². The van der Waals surface area contributed by atoms with Gasteiger partial charge in [0.25, 0.3) is 0 Å². The Balaban J connectivity index is 2.22. The maximum atomic E-state index is 11.1. The lowest BCUT2D eigenvalue weighted by molar-refractivity contribution is -0.169. The summed E-state index contributed by atoms with van der Waals surface area (Å²) in [5.74, 6) is -0.645. The molecule has 1 amide bonds. The lowest BCUT2D eigenvalue weighted by atomic mass is 9.97. The summed E-state index contributed by atoms with van der Waals surface area (Å²) < 4.78 is 10.6. The van der Waals surface area contributed by atoms with Crippen LogP contribution in [0.3, 0.4) is 0 Å². The Morgan fingerprint density at radius 2 is 2.14 bits per heavy atom. The predicted octanol–water partition coefficient (Wildman–Crippen LogP) is 0.709. The van der Waals surface area contributed by atoms with E-state index in [1.54, 1.807) is 14.2 Å². The smallest absolute Gasteiger partial charge is 0.228 e. The molecule has 1 heterocycles. The van der Waals surface area contributed by atoms with Gasteiger partial charge in [0.1, 0.15) is 0 Å². The third-order valence-corrected chi connectivity index (χ3v) is 2.68. The summed E-state index contributed by atoms with van der Waals surface area (Å²) in [6, 6.07) is 0. The summed E-state index contributed by atoms with van der Waals surface area (Å²) in [5.41, 5.74) is 1.96. The van der Waals surface area contributed by atoms with Crippen molar-refractivity contribution >= 4 is 5.91 Å². The Bertz CT molecular complexity index is 326. The highest BCUT2D eigenvalue weighted by atomic mass is 16.7. The molecular weight excluding hydrogens is 182 g/mol. The van der Waals surface area contributed by atoms with Gasteiger partial charge in [-0.3, -0.25) is 4.79 Å². The Morgan fingerprint density at radius 1 is 1.43 bits per heavy atom. The number of nitrogens with one attached hydrogen (secondary N) is 1. The first-order valence-electron chi connectivity index (χ1n) is 4.50. The first kappa shape index (κ1) is 9.43. The van der Waals surface area contributed by atoms with Crippen molar-refractivity contribution in [3.63, 3.8) is 0 Å². The molecule has 0 unspecified atom stereocenters. The molecule has 0 saturated carbocycles. The van der Waals surface area contributed by atoms with Crippen LogP contribution in [0.2, 0.25) is 0 Å². The van der Waals surface area contributed by atoms with Crippen molar-refractivity contribution < 1.29 is 14.3 Å². The second-order valence-corrected chi connectivity index (χ2v) is 3.47. The molecule has 1 aliphatic heterocycles. The molecule has 0 fully saturated rings. The van der Waals surface area contributed by atoms with Crippen LogP contribution in [0.5, 0.6) is 0 Å². The Hall–Kier alpha value is -1.13. The first-order chi connectivity index (χ1) is 6.69. The molecule has 2 rings (SSSR count). The van der Waals surface area contributed by atoms with Crippen molar-refractivity contribution in [2.45, 2.75) is 18.6 Å². The molecule has 0 aromatic carbocycles. The van der Waals surface area contributed by atoms with Crippen molar-refractivity contribution in [1.29, 1.82) is 0 Å². The van der Waals surface area contributed by atoms with Crippen molar-refractivity contribution in [2.75, 3.05) is 14.2 Å². The fraction of sp³-hybridized carbons (Fsp3) is 0.500. The third-order valence-electron chi connectivity index (χ3n) is 2.68. The fourth-order valence-corrected chi connectivity index (χ4v) is 1.82. The standard InChI is InChI=1S/C10H13NO3/c1-13-10(14-2)4-3-8-7(6-10)5-9(12)11-8/h3-4H,5-6H2,1-2H3,(H,11,12). The molecule has 0 saturated heterocycles. The van der Waals surface area contributed by atoms with E-state index in [4.69, 9.17) is 9.47 Å². The maximum absolute atomic E-state index is 11.1. The monoisotopic (exact) mass is 195 g/mol. The topological polar surface area (TPSA) is 47.6 Å². The van der Waals surface area contributed by atoms with Crippen LogP contribution in [0.25, 0.3) is 0 Å². The lowest BCUT2D eigenvalue weighted by Gasteiger charge is -2.30. The van der Waals surface area contributed by atoms with E-state index in [1.165, 1.54) is 0 Å². The molecular formula is C10H13NO3. The molecule has 2 aliphatic rings. The molecule has 4 nitrogen and oxygen atoms in total. The quantitative estimate of drug-likeness (QED) is 0.660. The zero-order chi connectivity index (χ0) is 10.2. The van der Waals surface area contributed by atoms with Gasteiger partial charge in [-0.15, -0.1) is 0 Å². The number of rotatable bonds is 2. The Kier molecular flexibility index (Phi) is 2.17. The maximum Gasteiger partial charge on any atom is 0.228 e. The summed E-state index contributed by atoms with van der Waals surface area (Å²) in [6.07, 6.45) is 4.74. The minimum absolute atomic E-state index is 0.0441. The molecule has 0 spiro atoms. The van der Waals surface area contributed by atoms with Gasteiger partial charge in [0, 0.05) is 26.3 Å². The average molecular weight is 195 g/mol. The van der Waals surface area contributed by atoms with Crippen molar-refractivity contribution in [3.05, 3.63) is 23.4 Å². The SMILES string of the molecule is COC1(OC)C=CC2=C(CC(=O)N2)C1. The zero-order valence-corrected chi connectivity index (χ0v) is 8.29. The number of hydrogen-bond donors (Lipinski definition) is 1. The molecule has 4 heteroatoms. The predicted molar refractivity (Wildman–Crippen MR) is 50.3 cm³/mol. The molecule has 0 atom stereocenters. The van der Waals surface area contributed by atoms with Crippen LogP contribution in [0.1, 0.15) is 12.8 Å². The van der Waals surface area contributed by atoms with Gasteiger partial charge in [-0.25, -0.2) is 0 Å². The number of ether oxygens (including phenoxy) is 2. The fourth-order valence-electron chi connectivity index (χ4n) is 1.82. The van der Waals surface area contributed by atoms with E-state index >= 15 is 0 Å². The molecule has 0 aromatic rings. The summed E-state index contributed by atoms with van der Waals surface area (Å²) in [7, 11) is 3.20. The second kappa shape index (κ2) is 3.22. The zero-order valence-electron chi connectivity index (χ0n) is 8.29. The van der Waals surface area contributed by atoms with E-state index < -0.39 is 5.79 Å². The number of hydrogen-bond acceptors (Lipinski definition) is 3. The molecule has 76 valence electrons. The highest BCUT2D eigenvalue weighted by Crippen LogP contribution is 2.33. The summed E-state index contributed by atoms with van der Waals surface area (Å²) in [6.45, 7) is 0. The van der Waals surface area contributed by atoms with Crippen LogP contribution in [0, 0.1) is 0 Å². The van der Waals surface area contributed by atoms with Gasteiger partial charge in [-0.05, 0) is 17.7 Å². The number of allylic oxidation sites excluding steroid dienone is 1. The van der Waals surface area contributed by atoms with Gasteiger partial charge >= 0.3 is 0 Å². The van der Waals surface area contributed by atoms with Crippen LogP contribution in [-0.2, 0) is 14.3 Å². The van der Waals surface area contributed by atoms with Crippen molar-refractivity contribution in [1.82, 2.24) is 5.32 Å². The highest BCUT2D eigenvalue weighted by molar-refractivity contribution is 5.85.